The minimum absolute atomic E-state index is 0.0594. The molecular weight excluding hydrogens is 202 g/mol. The van der Waals surface area contributed by atoms with E-state index in [1.807, 2.05) is 0 Å². The van der Waals surface area contributed by atoms with E-state index in [4.69, 9.17) is 5.26 Å². The number of non-ortho nitro benzene ring substituents is 1. The van der Waals surface area contributed by atoms with Gasteiger partial charge < -0.3 is 0 Å². The minimum atomic E-state index is -0.771. The van der Waals surface area contributed by atoms with Crippen molar-refractivity contribution in [3.63, 3.8) is 0 Å². The van der Waals surface area contributed by atoms with Gasteiger partial charge in [-0.05, 0) is 6.92 Å². The van der Waals surface area contributed by atoms with E-state index < -0.39 is 21.2 Å². The SMILES string of the molecule is Cc1c(C#N)cc([N+](=O)[O-])cc1[N+](=O)[O-]. The topological polar surface area (TPSA) is 110 Å². The van der Waals surface area contributed by atoms with E-state index in [2.05, 4.69) is 0 Å². The fourth-order valence-electron chi connectivity index (χ4n) is 1.10. The average molecular weight is 207 g/mol. The van der Waals surface area contributed by atoms with E-state index >= 15 is 0 Å². The van der Waals surface area contributed by atoms with Gasteiger partial charge >= 0.3 is 0 Å². The molecule has 0 radical (unpaired) electrons. The average Bonchev–Trinajstić information content (AvgIpc) is 2.17. The Balaban J connectivity index is 3.54. The molecule has 0 heterocycles. The fourth-order valence-corrected chi connectivity index (χ4v) is 1.10. The van der Waals surface area contributed by atoms with Gasteiger partial charge in [-0.3, -0.25) is 20.2 Å². The molecule has 76 valence electrons. The Morgan fingerprint density at radius 1 is 1.27 bits per heavy atom. The summed E-state index contributed by atoms with van der Waals surface area (Å²) in [7, 11) is 0. The Morgan fingerprint density at radius 2 is 1.87 bits per heavy atom. The van der Waals surface area contributed by atoms with E-state index in [0.717, 1.165) is 12.1 Å². The first-order valence-corrected chi connectivity index (χ1v) is 3.81. The molecule has 7 heteroatoms. The lowest BCUT2D eigenvalue weighted by atomic mass is 10.1. The standard InChI is InChI=1S/C8H5N3O4/c1-5-6(4-9)2-7(10(12)13)3-8(5)11(14)15/h2-3H,1H3. The Hall–Kier alpha value is -2.49. The maximum Gasteiger partial charge on any atom is 0.280 e. The fraction of sp³-hybridized carbons (Fsp3) is 0.125. The van der Waals surface area contributed by atoms with Crippen LogP contribution in [0.1, 0.15) is 11.1 Å². The molecule has 1 aromatic rings. The number of benzene rings is 1. The molecule has 0 aliphatic rings. The van der Waals surface area contributed by atoms with Gasteiger partial charge in [0.15, 0.2) is 0 Å². The summed E-state index contributed by atoms with van der Waals surface area (Å²) in [4.78, 5) is 19.4. The molecule has 0 aliphatic carbocycles. The Kier molecular flexibility index (Phi) is 2.62. The van der Waals surface area contributed by atoms with Crippen LogP contribution in [0.5, 0.6) is 0 Å². The Labute approximate surface area is 83.9 Å². The van der Waals surface area contributed by atoms with Gasteiger partial charge in [0.1, 0.15) is 0 Å². The van der Waals surface area contributed by atoms with Gasteiger partial charge in [-0.1, -0.05) is 0 Å². The lowest BCUT2D eigenvalue weighted by Gasteiger charge is -1.99. The molecule has 0 saturated heterocycles. The summed E-state index contributed by atoms with van der Waals surface area (Å²) in [6.45, 7) is 1.38. The van der Waals surface area contributed by atoms with Crippen molar-refractivity contribution in [2.45, 2.75) is 6.92 Å². The van der Waals surface area contributed by atoms with Crippen molar-refractivity contribution in [3.05, 3.63) is 43.5 Å². The van der Waals surface area contributed by atoms with Gasteiger partial charge in [-0.25, -0.2) is 0 Å². The summed E-state index contributed by atoms with van der Waals surface area (Å²) in [5, 5.41) is 29.6. The maximum atomic E-state index is 10.5. The molecule has 0 saturated carbocycles. The van der Waals surface area contributed by atoms with Gasteiger partial charge in [0, 0.05) is 11.6 Å². The largest absolute Gasteiger partial charge is 0.280 e. The Bertz CT molecular complexity index is 489. The first-order valence-electron chi connectivity index (χ1n) is 3.81. The van der Waals surface area contributed by atoms with E-state index in [1.54, 1.807) is 6.07 Å². The van der Waals surface area contributed by atoms with Gasteiger partial charge in [0.2, 0.25) is 0 Å². The summed E-state index contributed by atoms with van der Waals surface area (Å²) in [6.07, 6.45) is 0. The number of nitro benzene ring substituents is 2. The van der Waals surface area contributed by atoms with Crippen molar-refractivity contribution < 1.29 is 9.85 Å². The van der Waals surface area contributed by atoms with E-state index in [0.29, 0.717) is 0 Å². The van der Waals surface area contributed by atoms with Gasteiger partial charge in [-0.15, -0.1) is 0 Å². The molecule has 0 amide bonds. The van der Waals surface area contributed by atoms with E-state index in [9.17, 15) is 20.2 Å². The summed E-state index contributed by atoms with van der Waals surface area (Å²) in [5.74, 6) is 0. The predicted octanol–water partition coefficient (Wildman–Crippen LogP) is 1.68. The number of hydrogen-bond acceptors (Lipinski definition) is 5. The molecule has 1 rings (SSSR count). The highest BCUT2D eigenvalue weighted by Gasteiger charge is 2.20. The molecule has 0 aromatic heterocycles. The van der Waals surface area contributed by atoms with Crippen LogP contribution in [0.15, 0.2) is 12.1 Å². The van der Waals surface area contributed by atoms with Crippen LogP contribution in [-0.4, -0.2) is 9.85 Å². The van der Waals surface area contributed by atoms with Crippen LogP contribution in [0, 0.1) is 38.5 Å². The highest BCUT2D eigenvalue weighted by molar-refractivity contribution is 5.57. The molecular formula is C8H5N3O4. The van der Waals surface area contributed by atoms with Gasteiger partial charge in [0.05, 0.1) is 27.5 Å². The van der Waals surface area contributed by atoms with Crippen molar-refractivity contribution >= 4 is 11.4 Å². The molecule has 0 fully saturated rings. The quantitative estimate of drug-likeness (QED) is 0.541. The smallest absolute Gasteiger partial charge is 0.258 e. The van der Waals surface area contributed by atoms with E-state index in [-0.39, 0.29) is 11.1 Å². The van der Waals surface area contributed by atoms with Crippen LogP contribution in [-0.2, 0) is 0 Å². The highest BCUT2D eigenvalue weighted by Crippen LogP contribution is 2.27. The third-order valence-electron chi connectivity index (χ3n) is 1.89. The molecule has 0 spiro atoms. The first kappa shape index (κ1) is 10.6. The minimum Gasteiger partial charge on any atom is -0.258 e. The Morgan fingerprint density at radius 3 is 2.27 bits per heavy atom. The second-order valence-electron chi connectivity index (χ2n) is 2.76. The molecule has 0 unspecified atom stereocenters. The van der Waals surface area contributed by atoms with Crippen molar-refractivity contribution in [2.24, 2.45) is 0 Å². The van der Waals surface area contributed by atoms with Crippen molar-refractivity contribution in [2.75, 3.05) is 0 Å². The lowest BCUT2D eigenvalue weighted by molar-refractivity contribution is -0.394. The molecule has 0 N–H and O–H groups in total. The monoisotopic (exact) mass is 207 g/mol. The van der Waals surface area contributed by atoms with Crippen molar-refractivity contribution in [1.82, 2.24) is 0 Å². The number of rotatable bonds is 2. The van der Waals surface area contributed by atoms with Crippen molar-refractivity contribution in [3.8, 4) is 6.07 Å². The molecule has 7 nitrogen and oxygen atoms in total. The van der Waals surface area contributed by atoms with Gasteiger partial charge in [0.25, 0.3) is 11.4 Å². The molecule has 0 atom stereocenters. The van der Waals surface area contributed by atoms with Gasteiger partial charge in [-0.2, -0.15) is 5.26 Å². The zero-order valence-electron chi connectivity index (χ0n) is 7.63. The molecule has 1 aromatic carbocycles. The zero-order chi connectivity index (χ0) is 11.6. The number of hydrogen-bond donors (Lipinski definition) is 0. The van der Waals surface area contributed by atoms with Crippen LogP contribution in [0.3, 0.4) is 0 Å². The predicted molar refractivity (Wildman–Crippen MR) is 49.2 cm³/mol. The number of nitriles is 1. The lowest BCUT2D eigenvalue weighted by Crippen LogP contribution is -1.97. The number of nitro groups is 2. The van der Waals surface area contributed by atoms with Crippen LogP contribution in [0.25, 0.3) is 0 Å². The second-order valence-corrected chi connectivity index (χ2v) is 2.76. The summed E-state index contributed by atoms with van der Waals surface area (Å²) in [5.41, 5.74) is -0.798. The molecule has 15 heavy (non-hydrogen) atoms. The van der Waals surface area contributed by atoms with Crippen molar-refractivity contribution in [1.29, 1.82) is 5.26 Å². The molecule has 0 aliphatic heterocycles. The normalized spacial score (nSPS) is 9.33. The van der Waals surface area contributed by atoms with Crippen LogP contribution >= 0.6 is 0 Å². The van der Waals surface area contributed by atoms with Crippen LogP contribution in [0.2, 0.25) is 0 Å². The number of nitrogens with zero attached hydrogens (tertiary/aromatic N) is 3. The molecule has 0 bridgehead atoms. The van der Waals surface area contributed by atoms with Crippen LogP contribution < -0.4 is 0 Å². The highest BCUT2D eigenvalue weighted by atomic mass is 16.6. The summed E-state index contributed by atoms with van der Waals surface area (Å²) >= 11 is 0. The zero-order valence-corrected chi connectivity index (χ0v) is 7.63. The third kappa shape index (κ3) is 1.88. The third-order valence-corrected chi connectivity index (χ3v) is 1.89. The second kappa shape index (κ2) is 3.71. The summed E-state index contributed by atoms with van der Waals surface area (Å²) in [6, 6.07) is 3.54. The van der Waals surface area contributed by atoms with Crippen LogP contribution in [0.4, 0.5) is 11.4 Å². The maximum absolute atomic E-state index is 10.5. The van der Waals surface area contributed by atoms with E-state index in [1.165, 1.54) is 6.92 Å². The summed E-state index contributed by atoms with van der Waals surface area (Å²) < 4.78 is 0. The first-order chi connectivity index (χ1) is 6.97.